The largest absolute Gasteiger partial charge is 0.573 e. The van der Waals surface area contributed by atoms with Gasteiger partial charge in [0.05, 0.1) is 0 Å². The van der Waals surface area contributed by atoms with Gasteiger partial charge in [-0.2, -0.15) is 0 Å². The summed E-state index contributed by atoms with van der Waals surface area (Å²) in [6, 6.07) is 6.25. The van der Waals surface area contributed by atoms with Crippen LogP contribution in [0.5, 0.6) is 5.75 Å². The van der Waals surface area contributed by atoms with E-state index >= 15 is 0 Å². The first-order valence-electron chi connectivity index (χ1n) is 5.06. The predicted molar refractivity (Wildman–Crippen MR) is 53.0 cm³/mol. The molecule has 0 spiro atoms. The molecule has 2 N–H and O–H groups in total. The highest BCUT2D eigenvalue weighted by molar-refractivity contribution is 5.39. The predicted octanol–water partition coefficient (Wildman–Crippen LogP) is 2.65. The average molecular weight is 231 g/mol. The van der Waals surface area contributed by atoms with Crippen molar-refractivity contribution in [1.82, 2.24) is 0 Å². The molecule has 2 nitrogen and oxygen atoms in total. The SMILES string of the molecule is NC[C@H]1C[C@H]1c1ccccc1OC(F)(F)F. The molecule has 2 atom stereocenters. The van der Waals surface area contributed by atoms with E-state index in [9.17, 15) is 13.2 Å². The maximum atomic E-state index is 12.1. The quantitative estimate of drug-likeness (QED) is 0.867. The van der Waals surface area contributed by atoms with Gasteiger partial charge in [-0.3, -0.25) is 0 Å². The zero-order chi connectivity index (χ0) is 11.8. The molecule has 1 saturated carbocycles. The van der Waals surface area contributed by atoms with Gasteiger partial charge in [0.2, 0.25) is 0 Å². The van der Waals surface area contributed by atoms with E-state index < -0.39 is 6.36 Å². The highest BCUT2D eigenvalue weighted by atomic mass is 19.4. The lowest BCUT2D eigenvalue weighted by Crippen LogP contribution is -2.18. The van der Waals surface area contributed by atoms with Crippen LogP contribution in [-0.2, 0) is 0 Å². The fraction of sp³-hybridized carbons (Fsp3) is 0.455. The molecular weight excluding hydrogens is 219 g/mol. The molecule has 16 heavy (non-hydrogen) atoms. The molecule has 88 valence electrons. The number of ether oxygens (including phenoxy) is 1. The van der Waals surface area contributed by atoms with Crippen molar-refractivity contribution < 1.29 is 17.9 Å². The number of hydrogen-bond acceptors (Lipinski definition) is 2. The van der Waals surface area contributed by atoms with Crippen LogP contribution in [0.25, 0.3) is 0 Å². The van der Waals surface area contributed by atoms with Crippen molar-refractivity contribution in [3.8, 4) is 5.75 Å². The van der Waals surface area contributed by atoms with Crippen molar-refractivity contribution in [2.45, 2.75) is 18.7 Å². The van der Waals surface area contributed by atoms with Crippen molar-refractivity contribution in [3.05, 3.63) is 29.8 Å². The lowest BCUT2D eigenvalue weighted by atomic mass is 10.1. The first kappa shape index (κ1) is 11.3. The summed E-state index contributed by atoms with van der Waals surface area (Å²) in [6.45, 7) is 0.505. The second-order valence-corrected chi connectivity index (χ2v) is 3.92. The fourth-order valence-corrected chi connectivity index (χ4v) is 1.89. The van der Waals surface area contributed by atoms with Gasteiger partial charge >= 0.3 is 6.36 Å². The number of para-hydroxylation sites is 1. The Labute approximate surface area is 91.2 Å². The summed E-state index contributed by atoms with van der Waals surface area (Å²) in [6.07, 6.45) is -3.79. The number of halogens is 3. The molecule has 1 aromatic carbocycles. The van der Waals surface area contributed by atoms with Crippen LogP contribution >= 0.6 is 0 Å². The number of nitrogens with two attached hydrogens (primary N) is 1. The highest BCUT2D eigenvalue weighted by Gasteiger charge is 2.40. The van der Waals surface area contributed by atoms with Crippen LogP contribution in [0.1, 0.15) is 17.9 Å². The van der Waals surface area contributed by atoms with E-state index in [1.165, 1.54) is 12.1 Å². The maximum Gasteiger partial charge on any atom is 0.573 e. The molecule has 0 radical (unpaired) electrons. The molecule has 1 aliphatic carbocycles. The van der Waals surface area contributed by atoms with Crippen molar-refractivity contribution >= 4 is 0 Å². The monoisotopic (exact) mass is 231 g/mol. The first-order chi connectivity index (χ1) is 7.51. The first-order valence-corrected chi connectivity index (χ1v) is 5.06. The summed E-state index contributed by atoms with van der Waals surface area (Å²) in [7, 11) is 0. The minimum absolute atomic E-state index is 0.101. The highest BCUT2D eigenvalue weighted by Crippen LogP contribution is 2.50. The Bertz CT molecular complexity index is 378. The summed E-state index contributed by atoms with van der Waals surface area (Å²) >= 11 is 0. The smallest absolute Gasteiger partial charge is 0.405 e. The average Bonchev–Trinajstić information content (AvgIpc) is 2.95. The molecule has 0 amide bonds. The fourth-order valence-electron chi connectivity index (χ4n) is 1.89. The zero-order valence-electron chi connectivity index (χ0n) is 8.50. The minimum Gasteiger partial charge on any atom is -0.405 e. The van der Waals surface area contributed by atoms with E-state index in [0.717, 1.165) is 6.42 Å². The third kappa shape index (κ3) is 2.47. The number of rotatable bonds is 3. The molecule has 1 aromatic rings. The van der Waals surface area contributed by atoms with Crippen LogP contribution in [0, 0.1) is 5.92 Å². The van der Waals surface area contributed by atoms with Gasteiger partial charge < -0.3 is 10.5 Å². The molecule has 1 fully saturated rings. The molecule has 1 aliphatic rings. The van der Waals surface area contributed by atoms with Crippen LogP contribution in [0.3, 0.4) is 0 Å². The Morgan fingerprint density at radius 1 is 1.31 bits per heavy atom. The van der Waals surface area contributed by atoms with E-state index in [4.69, 9.17) is 5.73 Å². The van der Waals surface area contributed by atoms with E-state index in [0.29, 0.717) is 12.1 Å². The summed E-state index contributed by atoms with van der Waals surface area (Å²) in [4.78, 5) is 0. The van der Waals surface area contributed by atoms with Gasteiger partial charge in [-0.05, 0) is 36.4 Å². The topological polar surface area (TPSA) is 35.2 Å². The van der Waals surface area contributed by atoms with Gasteiger partial charge in [-0.1, -0.05) is 18.2 Å². The van der Waals surface area contributed by atoms with Gasteiger partial charge in [-0.15, -0.1) is 13.2 Å². The lowest BCUT2D eigenvalue weighted by molar-refractivity contribution is -0.274. The molecule has 0 aliphatic heterocycles. The number of benzene rings is 1. The third-order valence-corrected chi connectivity index (χ3v) is 2.77. The van der Waals surface area contributed by atoms with Crippen molar-refractivity contribution in [1.29, 1.82) is 0 Å². The zero-order valence-corrected chi connectivity index (χ0v) is 8.50. The molecule has 0 aromatic heterocycles. The number of hydrogen-bond donors (Lipinski definition) is 1. The Hall–Kier alpha value is -1.23. The van der Waals surface area contributed by atoms with Gasteiger partial charge in [-0.25, -0.2) is 0 Å². The molecule has 0 heterocycles. The molecule has 0 unspecified atom stereocenters. The normalized spacial score (nSPS) is 24.2. The van der Waals surface area contributed by atoms with Gasteiger partial charge in [0.25, 0.3) is 0 Å². The number of alkyl halides is 3. The maximum absolute atomic E-state index is 12.1. The Morgan fingerprint density at radius 2 is 2.00 bits per heavy atom. The van der Waals surface area contributed by atoms with Gasteiger partial charge in [0, 0.05) is 0 Å². The van der Waals surface area contributed by atoms with E-state index in [1.807, 2.05) is 0 Å². The van der Waals surface area contributed by atoms with Gasteiger partial charge in [0.15, 0.2) is 0 Å². The Morgan fingerprint density at radius 3 is 2.56 bits per heavy atom. The molecule has 2 rings (SSSR count). The van der Waals surface area contributed by atoms with E-state index in [1.54, 1.807) is 12.1 Å². The molecule has 5 heteroatoms. The second-order valence-electron chi connectivity index (χ2n) is 3.92. The summed E-state index contributed by atoms with van der Waals surface area (Å²) < 4.78 is 40.4. The van der Waals surface area contributed by atoms with Gasteiger partial charge in [0.1, 0.15) is 5.75 Å². The molecule has 0 saturated heterocycles. The standard InChI is InChI=1S/C11H12F3NO/c12-11(13,14)16-10-4-2-1-3-8(10)9-5-7(9)6-15/h1-4,7,9H,5-6,15H2/t7-,9-/m1/s1. The van der Waals surface area contributed by atoms with Crippen molar-refractivity contribution in [2.75, 3.05) is 6.54 Å². The Balaban J connectivity index is 2.19. The molecule has 0 bridgehead atoms. The Kier molecular flexibility index (Phi) is 2.80. The van der Waals surface area contributed by atoms with E-state index in [-0.39, 0.29) is 17.6 Å². The van der Waals surface area contributed by atoms with E-state index in [2.05, 4.69) is 4.74 Å². The van der Waals surface area contributed by atoms with Crippen LogP contribution in [0.15, 0.2) is 24.3 Å². The minimum atomic E-state index is -4.64. The van der Waals surface area contributed by atoms with Crippen LogP contribution in [0.4, 0.5) is 13.2 Å². The summed E-state index contributed by atoms with van der Waals surface area (Å²) in [5.41, 5.74) is 6.08. The van der Waals surface area contributed by atoms with Crippen LogP contribution in [0.2, 0.25) is 0 Å². The lowest BCUT2D eigenvalue weighted by Gasteiger charge is -2.12. The summed E-state index contributed by atoms with van der Waals surface area (Å²) in [5.74, 6) is 0.303. The van der Waals surface area contributed by atoms with Crippen molar-refractivity contribution in [2.24, 2.45) is 11.7 Å². The van der Waals surface area contributed by atoms with Crippen LogP contribution in [-0.4, -0.2) is 12.9 Å². The second kappa shape index (κ2) is 3.97. The third-order valence-electron chi connectivity index (χ3n) is 2.77. The summed E-state index contributed by atoms with van der Waals surface area (Å²) in [5, 5.41) is 0. The van der Waals surface area contributed by atoms with Crippen LogP contribution < -0.4 is 10.5 Å². The molecular formula is C11H12F3NO. The van der Waals surface area contributed by atoms with Crippen molar-refractivity contribution in [3.63, 3.8) is 0 Å².